The largest absolute Gasteiger partial charge is 0.453 e. The van der Waals surface area contributed by atoms with Crippen LogP contribution in [0.15, 0.2) is 42.5 Å². The van der Waals surface area contributed by atoms with Gasteiger partial charge in [-0.05, 0) is 18.2 Å². The molecule has 6 heteroatoms. The fourth-order valence-corrected chi connectivity index (χ4v) is 3.05. The Bertz CT molecular complexity index is 874. The van der Waals surface area contributed by atoms with Gasteiger partial charge in [-0.2, -0.15) is 0 Å². The molecule has 0 radical (unpaired) electrons. The summed E-state index contributed by atoms with van der Waals surface area (Å²) in [6, 6.07) is 12.3. The number of rotatable bonds is 3. The Labute approximate surface area is 144 Å². The number of fused-ring (bicyclic) bond motifs is 2. The second-order valence-electron chi connectivity index (χ2n) is 6.50. The molecule has 2 heterocycles. The van der Waals surface area contributed by atoms with Crippen molar-refractivity contribution in [3.05, 3.63) is 53.6 Å². The molecule has 4 rings (SSSR count). The minimum atomic E-state index is -0.716. The highest BCUT2D eigenvalue weighted by atomic mass is 16.7. The van der Waals surface area contributed by atoms with Crippen LogP contribution in [0.25, 0.3) is 0 Å². The molecular weight excluding hydrogens is 322 g/mol. The highest BCUT2D eigenvalue weighted by Gasteiger charge is 2.33. The average Bonchev–Trinajstić information content (AvgIpc) is 3.03. The highest BCUT2D eigenvalue weighted by Crippen LogP contribution is 2.41. The molecular formula is C19H17NO5. The zero-order chi connectivity index (χ0) is 17.6. The number of hydrogen-bond donors (Lipinski definition) is 1. The van der Waals surface area contributed by atoms with E-state index in [0.29, 0.717) is 22.7 Å². The van der Waals surface area contributed by atoms with Crippen LogP contribution in [-0.2, 0) is 9.53 Å². The molecule has 0 aromatic heterocycles. The minimum absolute atomic E-state index is 0.0582. The van der Waals surface area contributed by atoms with Crippen LogP contribution in [-0.4, -0.2) is 17.7 Å². The van der Waals surface area contributed by atoms with Crippen LogP contribution in [0.3, 0.4) is 0 Å². The van der Waals surface area contributed by atoms with Crippen molar-refractivity contribution in [1.82, 2.24) is 0 Å². The van der Waals surface area contributed by atoms with E-state index < -0.39 is 17.9 Å². The minimum Gasteiger partial charge on any atom is -0.453 e. The predicted molar refractivity (Wildman–Crippen MR) is 89.6 cm³/mol. The van der Waals surface area contributed by atoms with Gasteiger partial charge in [-0.15, -0.1) is 0 Å². The lowest BCUT2D eigenvalue weighted by molar-refractivity contribution is -0.118. The summed E-state index contributed by atoms with van der Waals surface area (Å²) >= 11 is 0. The third kappa shape index (κ3) is 2.91. The van der Waals surface area contributed by atoms with Crippen molar-refractivity contribution in [3.63, 3.8) is 0 Å². The molecule has 0 aliphatic carbocycles. The molecule has 128 valence electrons. The zero-order valence-corrected chi connectivity index (χ0v) is 13.9. The number of anilines is 1. The topological polar surface area (TPSA) is 73.9 Å². The van der Waals surface area contributed by atoms with Gasteiger partial charge in [0.15, 0.2) is 11.5 Å². The second-order valence-corrected chi connectivity index (χ2v) is 6.50. The monoisotopic (exact) mass is 339 g/mol. The summed E-state index contributed by atoms with van der Waals surface area (Å²) in [5, 5.41) is 2.81. The third-order valence-electron chi connectivity index (χ3n) is 4.09. The van der Waals surface area contributed by atoms with E-state index in [0.717, 1.165) is 5.56 Å². The number of carbonyl (C=O) groups is 2. The molecule has 2 aromatic rings. The maximum Gasteiger partial charge on any atom is 0.339 e. The van der Waals surface area contributed by atoms with Gasteiger partial charge in [-0.3, -0.25) is 4.79 Å². The van der Waals surface area contributed by atoms with E-state index in [4.69, 9.17) is 14.2 Å². The Kier molecular flexibility index (Phi) is 3.42. The van der Waals surface area contributed by atoms with Crippen molar-refractivity contribution in [2.45, 2.75) is 32.2 Å². The fourth-order valence-electron chi connectivity index (χ4n) is 3.05. The molecule has 6 nitrogen and oxygen atoms in total. The third-order valence-corrected chi connectivity index (χ3v) is 4.09. The normalized spacial score (nSPS) is 19.3. The van der Waals surface area contributed by atoms with Crippen LogP contribution in [0.2, 0.25) is 0 Å². The Morgan fingerprint density at radius 2 is 1.88 bits per heavy atom. The SMILES string of the molecule is CC1(C)Oc2ccc(NC(=O)C[C@H]3OC(=O)c4ccccc43)cc2O1. The van der Waals surface area contributed by atoms with Crippen LogP contribution in [0.4, 0.5) is 5.69 Å². The number of nitrogens with one attached hydrogen (secondary N) is 1. The fraction of sp³-hybridized carbons (Fsp3) is 0.263. The van der Waals surface area contributed by atoms with E-state index in [1.165, 1.54) is 0 Å². The van der Waals surface area contributed by atoms with Crippen LogP contribution in [0, 0.1) is 0 Å². The van der Waals surface area contributed by atoms with E-state index in [2.05, 4.69) is 5.32 Å². The maximum absolute atomic E-state index is 12.3. The van der Waals surface area contributed by atoms with Gasteiger partial charge in [0.05, 0.1) is 12.0 Å². The van der Waals surface area contributed by atoms with Crippen LogP contribution < -0.4 is 14.8 Å². The highest BCUT2D eigenvalue weighted by molar-refractivity contribution is 5.96. The van der Waals surface area contributed by atoms with Gasteiger partial charge < -0.3 is 19.5 Å². The van der Waals surface area contributed by atoms with E-state index in [1.807, 2.05) is 19.9 Å². The molecule has 1 amide bonds. The standard InChI is InChI=1S/C19H17NO5/c1-19(2)24-14-8-7-11(9-16(14)25-19)20-17(21)10-15-12-5-3-4-6-13(12)18(22)23-15/h3-9,15H,10H2,1-2H3,(H,20,21)/t15-/m1/s1. The predicted octanol–water partition coefficient (Wildman–Crippen LogP) is 3.43. The van der Waals surface area contributed by atoms with E-state index in [-0.39, 0.29) is 12.3 Å². The summed E-state index contributed by atoms with van der Waals surface area (Å²) < 4.78 is 16.6. The van der Waals surface area contributed by atoms with Crippen molar-refractivity contribution in [1.29, 1.82) is 0 Å². The van der Waals surface area contributed by atoms with Crippen LogP contribution in [0.5, 0.6) is 11.5 Å². The van der Waals surface area contributed by atoms with Crippen molar-refractivity contribution in [2.24, 2.45) is 0 Å². The van der Waals surface area contributed by atoms with Gasteiger partial charge in [0, 0.05) is 31.2 Å². The number of hydrogen-bond acceptors (Lipinski definition) is 5. The number of esters is 1. The first-order valence-electron chi connectivity index (χ1n) is 8.03. The van der Waals surface area contributed by atoms with Crippen molar-refractivity contribution >= 4 is 17.6 Å². The molecule has 1 atom stereocenters. The van der Waals surface area contributed by atoms with E-state index >= 15 is 0 Å². The molecule has 0 spiro atoms. The second kappa shape index (κ2) is 5.51. The molecule has 0 bridgehead atoms. The first kappa shape index (κ1) is 15.5. The smallest absolute Gasteiger partial charge is 0.339 e. The van der Waals surface area contributed by atoms with Gasteiger partial charge in [0.1, 0.15) is 6.10 Å². The molecule has 25 heavy (non-hydrogen) atoms. The molecule has 1 N–H and O–H groups in total. The Morgan fingerprint density at radius 3 is 2.72 bits per heavy atom. The number of cyclic esters (lactones) is 1. The molecule has 0 unspecified atom stereocenters. The summed E-state index contributed by atoms with van der Waals surface area (Å²) in [4.78, 5) is 24.2. The summed E-state index contributed by atoms with van der Waals surface area (Å²) in [7, 11) is 0. The lowest BCUT2D eigenvalue weighted by Crippen LogP contribution is -2.29. The zero-order valence-electron chi connectivity index (χ0n) is 13.9. The molecule has 0 saturated carbocycles. The molecule has 2 aliphatic heterocycles. The Morgan fingerprint density at radius 1 is 1.12 bits per heavy atom. The summed E-state index contributed by atoms with van der Waals surface area (Å²) in [5.74, 6) is -0.124. The van der Waals surface area contributed by atoms with Gasteiger partial charge in [-0.25, -0.2) is 4.79 Å². The number of benzene rings is 2. The summed E-state index contributed by atoms with van der Waals surface area (Å²) in [6.45, 7) is 3.63. The number of amides is 1. The first-order chi connectivity index (χ1) is 11.9. The van der Waals surface area contributed by atoms with Crippen molar-refractivity contribution in [3.8, 4) is 11.5 Å². The number of carbonyl (C=O) groups excluding carboxylic acids is 2. The van der Waals surface area contributed by atoms with E-state index in [9.17, 15) is 9.59 Å². The van der Waals surface area contributed by atoms with Crippen LogP contribution in [0.1, 0.15) is 42.3 Å². The van der Waals surface area contributed by atoms with Crippen molar-refractivity contribution in [2.75, 3.05) is 5.32 Å². The van der Waals surface area contributed by atoms with Gasteiger partial charge in [0.25, 0.3) is 0 Å². The lowest BCUT2D eigenvalue weighted by Gasteiger charge is -2.16. The average molecular weight is 339 g/mol. The van der Waals surface area contributed by atoms with Crippen molar-refractivity contribution < 1.29 is 23.8 Å². The molecule has 0 saturated heterocycles. The quantitative estimate of drug-likeness (QED) is 0.867. The molecule has 2 aliphatic rings. The maximum atomic E-state index is 12.3. The summed E-state index contributed by atoms with van der Waals surface area (Å²) in [6.07, 6.45) is -0.500. The Hall–Kier alpha value is -3.02. The molecule has 0 fully saturated rings. The summed E-state index contributed by atoms with van der Waals surface area (Å²) in [5.41, 5.74) is 1.86. The van der Waals surface area contributed by atoms with Crippen LogP contribution >= 0.6 is 0 Å². The van der Waals surface area contributed by atoms with Gasteiger partial charge in [0.2, 0.25) is 11.7 Å². The van der Waals surface area contributed by atoms with Gasteiger partial charge >= 0.3 is 5.97 Å². The van der Waals surface area contributed by atoms with Gasteiger partial charge in [-0.1, -0.05) is 18.2 Å². The Balaban J connectivity index is 1.45. The first-order valence-corrected chi connectivity index (χ1v) is 8.03. The number of ether oxygens (including phenoxy) is 3. The lowest BCUT2D eigenvalue weighted by atomic mass is 10.0. The molecule has 2 aromatic carbocycles. The van der Waals surface area contributed by atoms with E-state index in [1.54, 1.807) is 36.4 Å².